The summed E-state index contributed by atoms with van der Waals surface area (Å²) in [6.45, 7) is 7.17. The minimum absolute atomic E-state index is 0.0904. The molecule has 106 valence electrons. The molecule has 0 radical (unpaired) electrons. The number of phenols is 2. The quantitative estimate of drug-likeness (QED) is 0.739. The van der Waals surface area contributed by atoms with Crippen LogP contribution in [0.2, 0.25) is 0 Å². The molecular formula is C17H21NO2. The molecule has 0 atom stereocenters. The largest absolute Gasteiger partial charge is 0.504 e. The minimum atomic E-state index is -0.0942. The molecule has 0 amide bonds. The van der Waals surface area contributed by atoms with Crippen molar-refractivity contribution in [3.05, 3.63) is 53.6 Å². The van der Waals surface area contributed by atoms with Crippen LogP contribution in [0.5, 0.6) is 11.5 Å². The van der Waals surface area contributed by atoms with Crippen LogP contribution in [-0.4, -0.2) is 10.2 Å². The van der Waals surface area contributed by atoms with Crippen molar-refractivity contribution in [3.63, 3.8) is 0 Å². The Labute approximate surface area is 119 Å². The topological polar surface area (TPSA) is 52.5 Å². The van der Waals surface area contributed by atoms with Gasteiger partial charge in [0.15, 0.2) is 11.5 Å². The van der Waals surface area contributed by atoms with Crippen LogP contribution in [0.25, 0.3) is 0 Å². The number of phenolic OH excluding ortho intramolecular Hbond substituents is 2. The van der Waals surface area contributed by atoms with Crippen molar-refractivity contribution in [2.45, 2.75) is 32.7 Å². The zero-order valence-electron chi connectivity index (χ0n) is 12.1. The number of rotatable bonds is 3. The Hall–Kier alpha value is -2.16. The Morgan fingerprint density at radius 3 is 2.10 bits per heavy atom. The lowest BCUT2D eigenvalue weighted by atomic mass is 9.87. The fourth-order valence-electron chi connectivity index (χ4n) is 1.97. The SMILES string of the molecule is CC(C)(C)c1ccc(NCc2ccc(O)c(O)c2)cc1. The van der Waals surface area contributed by atoms with Crippen molar-refractivity contribution < 1.29 is 10.2 Å². The lowest BCUT2D eigenvalue weighted by Gasteiger charge is -2.19. The monoisotopic (exact) mass is 271 g/mol. The van der Waals surface area contributed by atoms with Gasteiger partial charge in [-0.1, -0.05) is 39.0 Å². The van der Waals surface area contributed by atoms with Gasteiger partial charge in [-0.15, -0.1) is 0 Å². The van der Waals surface area contributed by atoms with E-state index in [1.165, 1.54) is 11.6 Å². The number of nitrogens with one attached hydrogen (secondary N) is 1. The molecule has 2 aromatic carbocycles. The van der Waals surface area contributed by atoms with Gasteiger partial charge in [0.25, 0.3) is 0 Å². The molecule has 0 saturated heterocycles. The van der Waals surface area contributed by atoms with E-state index in [1.807, 2.05) is 0 Å². The zero-order chi connectivity index (χ0) is 14.8. The Morgan fingerprint density at radius 2 is 1.55 bits per heavy atom. The summed E-state index contributed by atoms with van der Waals surface area (Å²) < 4.78 is 0. The molecule has 3 heteroatoms. The molecule has 3 nitrogen and oxygen atoms in total. The molecule has 0 aliphatic carbocycles. The molecule has 0 saturated carbocycles. The molecule has 2 rings (SSSR count). The smallest absolute Gasteiger partial charge is 0.157 e. The first-order valence-corrected chi connectivity index (χ1v) is 6.71. The van der Waals surface area contributed by atoms with Crippen molar-refractivity contribution in [2.24, 2.45) is 0 Å². The number of anilines is 1. The highest BCUT2D eigenvalue weighted by molar-refractivity contribution is 5.47. The van der Waals surface area contributed by atoms with E-state index >= 15 is 0 Å². The second kappa shape index (κ2) is 5.45. The van der Waals surface area contributed by atoms with Gasteiger partial charge in [0.1, 0.15) is 0 Å². The summed E-state index contributed by atoms with van der Waals surface area (Å²) in [6, 6.07) is 13.2. The Balaban J connectivity index is 2.02. The standard InChI is InChI=1S/C17H21NO2/c1-17(2,3)13-5-7-14(8-6-13)18-11-12-4-9-15(19)16(20)10-12/h4-10,18-20H,11H2,1-3H3. The first kappa shape index (κ1) is 14.3. The summed E-state index contributed by atoms with van der Waals surface area (Å²) in [6.07, 6.45) is 0. The summed E-state index contributed by atoms with van der Waals surface area (Å²) in [7, 11) is 0. The van der Waals surface area contributed by atoms with Gasteiger partial charge in [0, 0.05) is 12.2 Å². The summed E-state index contributed by atoms with van der Waals surface area (Å²) in [4.78, 5) is 0. The van der Waals surface area contributed by atoms with E-state index in [1.54, 1.807) is 12.1 Å². The van der Waals surface area contributed by atoms with E-state index in [0.717, 1.165) is 11.3 Å². The third kappa shape index (κ3) is 3.44. The minimum Gasteiger partial charge on any atom is -0.504 e. The third-order valence-electron chi connectivity index (χ3n) is 3.29. The zero-order valence-corrected chi connectivity index (χ0v) is 12.1. The van der Waals surface area contributed by atoms with Gasteiger partial charge < -0.3 is 15.5 Å². The molecule has 0 aliphatic rings. The van der Waals surface area contributed by atoms with Gasteiger partial charge in [-0.05, 0) is 40.8 Å². The van der Waals surface area contributed by atoms with Crippen molar-refractivity contribution in [1.82, 2.24) is 0 Å². The fourth-order valence-corrected chi connectivity index (χ4v) is 1.97. The van der Waals surface area contributed by atoms with E-state index in [2.05, 4.69) is 50.4 Å². The average Bonchev–Trinajstić information content (AvgIpc) is 2.40. The van der Waals surface area contributed by atoms with Crippen molar-refractivity contribution >= 4 is 5.69 Å². The Kier molecular flexibility index (Phi) is 3.89. The van der Waals surface area contributed by atoms with Crippen molar-refractivity contribution in [2.75, 3.05) is 5.32 Å². The van der Waals surface area contributed by atoms with Gasteiger partial charge in [0.05, 0.1) is 0 Å². The molecule has 2 aromatic rings. The normalized spacial score (nSPS) is 11.3. The highest BCUT2D eigenvalue weighted by Gasteiger charge is 2.12. The first-order valence-electron chi connectivity index (χ1n) is 6.71. The molecular weight excluding hydrogens is 250 g/mol. The molecule has 0 aliphatic heterocycles. The predicted molar refractivity (Wildman–Crippen MR) is 82.2 cm³/mol. The average molecular weight is 271 g/mol. The number of hydrogen-bond acceptors (Lipinski definition) is 3. The molecule has 0 fully saturated rings. The van der Waals surface area contributed by atoms with E-state index in [4.69, 9.17) is 0 Å². The molecule has 0 spiro atoms. The number of benzene rings is 2. The van der Waals surface area contributed by atoms with Gasteiger partial charge in [0.2, 0.25) is 0 Å². The second-order valence-corrected chi connectivity index (χ2v) is 6.00. The summed E-state index contributed by atoms with van der Waals surface area (Å²) in [5.74, 6) is -0.185. The highest BCUT2D eigenvalue weighted by atomic mass is 16.3. The highest BCUT2D eigenvalue weighted by Crippen LogP contribution is 2.26. The maximum absolute atomic E-state index is 9.45. The van der Waals surface area contributed by atoms with Crippen LogP contribution in [0.3, 0.4) is 0 Å². The first-order chi connectivity index (χ1) is 9.36. The Bertz CT molecular complexity index is 583. The van der Waals surface area contributed by atoms with Crippen LogP contribution in [0, 0.1) is 0 Å². The number of hydrogen-bond donors (Lipinski definition) is 3. The van der Waals surface area contributed by atoms with Gasteiger partial charge in [-0.2, -0.15) is 0 Å². The Morgan fingerprint density at radius 1 is 0.900 bits per heavy atom. The summed E-state index contributed by atoms with van der Waals surface area (Å²) in [5.41, 5.74) is 3.40. The molecule has 3 N–H and O–H groups in total. The third-order valence-corrected chi connectivity index (χ3v) is 3.29. The molecule has 0 unspecified atom stereocenters. The van der Waals surface area contributed by atoms with Crippen molar-refractivity contribution in [3.8, 4) is 11.5 Å². The molecule has 20 heavy (non-hydrogen) atoms. The van der Waals surface area contributed by atoms with E-state index in [-0.39, 0.29) is 16.9 Å². The molecule has 0 heterocycles. The van der Waals surface area contributed by atoms with Gasteiger partial charge in [-0.3, -0.25) is 0 Å². The van der Waals surface area contributed by atoms with Crippen LogP contribution in [0.4, 0.5) is 5.69 Å². The molecule has 0 aromatic heterocycles. The van der Waals surface area contributed by atoms with Crippen LogP contribution in [0.1, 0.15) is 31.9 Å². The van der Waals surface area contributed by atoms with Crippen molar-refractivity contribution in [1.29, 1.82) is 0 Å². The van der Waals surface area contributed by atoms with Crippen LogP contribution in [-0.2, 0) is 12.0 Å². The summed E-state index contributed by atoms with van der Waals surface area (Å²) in [5, 5.41) is 22.0. The maximum Gasteiger partial charge on any atom is 0.157 e. The van der Waals surface area contributed by atoms with Crippen LogP contribution in [0.15, 0.2) is 42.5 Å². The predicted octanol–water partition coefficient (Wildman–Crippen LogP) is 4.01. The van der Waals surface area contributed by atoms with Gasteiger partial charge >= 0.3 is 0 Å². The van der Waals surface area contributed by atoms with Crippen LogP contribution >= 0.6 is 0 Å². The van der Waals surface area contributed by atoms with E-state index in [9.17, 15) is 10.2 Å². The maximum atomic E-state index is 9.45. The van der Waals surface area contributed by atoms with E-state index in [0.29, 0.717) is 6.54 Å². The molecule has 0 bridgehead atoms. The lowest BCUT2D eigenvalue weighted by molar-refractivity contribution is 0.403. The lowest BCUT2D eigenvalue weighted by Crippen LogP contribution is -2.10. The van der Waals surface area contributed by atoms with E-state index < -0.39 is 0 Å². The van der Waals surface area contributed by atoms with Crippen LogP contribution < -0.4 is 5.32 Å². The summed E-state index contributed by atoms with van der Waals surface area (Å²) >= 11 is 0. The second-order valence-electron chi connectivity index (χ2n) is 6.00. The number of aromatic hydroxyl groups is 2. The fraction of sp³-hybridized carbons (Fsp3) is 0.294. The van der Waals surface area contributed by atoms with Gasteiger partial charge in [-0.25, -0.2) is 0 Å².